The Hall–Kier alpha value is -1.60. The predicted molar refractivity (Wildman–Crippen MR) is 82.9 cm³/mol. The molecule has 0 atom stereocenters. The highest BCUT2D eigenvalue weighted by Crippen LogP contribution is 2.27. The molecule has 1 nitrogen and oxygen atoms in total. The normalized spacial score (nSPS) is 11.6. The van der Waals surface area contributed by atoms with E-state index in [-0.39, 0.29) is 0 Å². The monoisotopic (exact) mass is 253 g/mol. The number of benzene rings is 2. The van der Waals surface area contributed by atoms with Crippen molar-refractivity contribution in [1.29, 1.82) is 0 Å². The second-order valence-electron chi connectivity index (χ2n) is 6.30. The van der Waals surface area contributed by atoms with E-state index in [0.29, 0.717) is 12.0 Å². The summed E-state index contributed by atoms with van der Waals surface area (Å²) in [5.41, 5.74) is 11.3. The van der Waals surface area contributed by atoms with Crippen molar-refractivity contribution in [3.63, 3.8) is 0 Å². The molecule has 0 amide bonds. The van der Waals surface area contributed by atoms with E-state index in [1.165, 1.54) is 22.3 Å². The highest BCUT2D eigenvalue weighted by Gasteiger charge is 2.12. The van der Waals surface area contributed by atoms with E-state index in [1.54, 1.807) is 0 Å². The van der Waals surface area contributed by atoms with E-state index >= 15 is 0 Å². The van der Waals surface area contributed by atoms with Crippen LogP contribution in [0, 0.1) is 5.41 Å². The van der Waals surface area contributed by atoms with Crippen LogP contribution in [0.25, 0.3) is 11.1 Å². The van der Waals surface area contributed by atoms with Crippen LogP contribution in [0.3, 0.4) is 0 Å². The molecule has 0 bridgehead atoms. The lowest BCUT2D eigenvalue weighted by molar-refractivity contribution is 0.411. The zero-order valence-corrected chi connectivity index (χ0v) is 12.1. The van der Waals surface area contributed by atoms with Crippen molar-refractivity contribution in [3.8, 4) is 11.1 Å². The van der Waals surface area contributed by atoms with Gasteiger partial charge in [-0.1, -0.05) is 69.3 Å². The van der Waals surface area contributed by atoms with Crippen molar-refractivity contribution in [3.05, 3.63) is 59.7 Å². The minimum atomic E-state index is 0.306. The molecule has 19 heavy (non-hydrogen) atoms. The standard InChI is InChI=1S/C18H23N/c1-18(2,3)12-14-9-10-17(16(11-14)13-19)15-7-5-4-6-8-15/h4-11H,12-13,19H2,1-3H3. The minimum absolute atomic E-state index is 0.306. The van der Waals surface area contributed by atoms with Gasteiger partial charge in [-0.3, -0.25) is 0 Å². The Morgan fingerprint density at radius 1 is 0.947 bits per heavy atom. The molecule has 100 valence electrons. The van der Waals surface area contributed by atoms with Gasteiger partial charge in [-0.25, -0.2) is 0 Å². The third kappa shape index (κ3) is 3.68. The molecule has 2 aromatic carbocycles. The summed E-state index contributed by atoms with van der Waals surface area (Å²) in [4.78, 5) is 0. The van der Waals surface area contributed by atoms with Crippen LogP contribution in [0.4, 0.5) is 0 Å². The lowest BCUT2D eigenvalue weighted by Gasteiger charge is -2.19. The Labute approximate surface area is 116 Å². The number of nitrogens with two attached hydrogens (primary N) is 1. The molecule has 0 aliphatic rings. The molecule has 0 saturated carbocycles. The first-order valence-corrected chi connectivity index (χ1v) is 6.87. The van der Waals surface area contributed by atoms with Gasteiger partial charge < -0.3 is 5.73 Å². The molecule has 2 N–H and O–H groups in total. The molecule has 0 aliphatic heterocycles. The second kappa shape index (κ2) is 5.58. The fourth-order valence-electron chi connectivity index (χ4n) is 2.44. The van der Waals surface area contributed by atoms with Crippen LogP contribution in [0.5, 0.6) is 0 Å². The molecule has 0 fully saturated rings. The topological polar surface area (TPSA) is 26.0 Å². The van der Waals surface area contributed by atoms with Gasteiger partial charge in [0.05, 0.1) is 0 Å². The molecule has 0 aromatic heterocycles. The van der Waals surface area contributed by atoms with Gasteiger partial charge in [0.1, 0.15) is 0 Å². The summed E-state index contributed by atoms with van der Waals surface area (Å²) >= 11 is 0. The fraction of sp³-hybridized carbons (Fsp3) is 0.333. The van der Waals surface area contributed by atoms with Gasteiger partial charge in [0.25, 0.3) is 0 Å². The van der Waals surface area contributed by atoms with E-state index in [0.717, 1.165) is 6.42 Å². The van der Waals surface area contributed by atoms with Crippen LogP contribution in [-0.4, -0.2) is 0 Å². The van der Waals surface area contributed by atoms with Crippen LogP contribution >= 0.6 is 0 Å². The quantitative estimate of drug-likeness (QED) is 0.862. The van der Waals surface area contributed by atoms with Crippen molar-refractivity contribution >= 4 is 0 Å². The largest absolute Gasteiger partial charge is 0.326 e. The Bertz CT molecular complexity index is 535. The summed E-state index contributed by atoms with van der Waals surface area (Å²) in [5, 5.41) is 0. The van der Waals surface area contributed by atoms with Gasteiger partial charge in [-0.15, -0.1) is 0 Å². The maximum Gasteiger partial charge on any atom is 0.0184 e. The van der Waals surface area contributed by atoms with Crippen molar-refractivity contribution in [1.82, 2.24) is 0 Å². The molecule has 0 radical (unpaired) electrons. The van der Waals surface area contributed by atoms with Gasteiger partial charge in [0.15, 0.2) is 0 Å². The Morgan fingerprint density at radius 2 is 1.63 bits per heavy atom. The van der Waals surface area contributed by atoms with Crippen molar-refractivity contribution < 1.29 is 0 Å². The number of rotatable bonds is 3. The summed E-state index contributed by atoms with van der Waals surface area (Å²) < 4.78 is 0. The Kier molecular flexibility index (Phi) is 4.06. The summed E-state index contributed by atoms with van der Waals surface area (Å²) in [5.74, 6) is 0. The molecule has 1 heteroatoms. The van der Waals surface area contributed by atoms with Crippen molar-refractivity contribution in [2.24, 2.45) is 11.1 Å². The first-order valence-electron chi connectivity index (χ1n) is 6.87. The first kappa shape index (κ1) is 13.8. The smallest absolute Gasteiger partial charge is 0.0184 e. The zero-order valence-electron chi connectivity index (χ0n) is 12.1. The van der Waals surface area contributed by atoms with Crippen LogP contribution < -0.4 is 5.73 Å². The highest BCUT2D eigenvalue weighted by atomic mass is 14.5. The van der Waals surface area contributed by atoms with Crippen LogP contribution in [-0.2, 0) is 13.0 Å². The number of hydrogen-bond donors (Lipinski definition) is 1. The molecule has 0 spiro atoms. The third-order valence-corrected chi connectivity index (χ3v) is 3.21. The average Bonchev–Trinajstić information content (AvgIpc) is 2.37. The predicted octanol–water partition coefficient (Wildman–Crippen LogP) is 4.40. The third-order valence-electron chi connectivity index (χ3n) is 3.21. The summed E-state index contributed by atoms with van der Waals surface area (Å²) in [6.45, 7) is 7.38. The van der Waals surface area contributed by atoms with Gasteiger partial charge >= 0.3 is 0 Å². The van der Waals surface area contributed by atoms with E-state index < -0.39 is 0 Å². The fourth-order valence-corrected chi connectivity index (χ4v) is 2.44. The van der Waals surface area contributed by atoms with Gasteiger partial charge in [0, 0.05) is 6.54 Å². The average molecular weight is 253 g/mol. The summed E-state index contributed by atoms with van der Waals surface area (Å²) in [7, 11) is 0. The molecule has 0 aliphatic carbocycles. The molecule has 0 unspecified atom stereocenters. The lowest BCUT2D eigenvalue weighted by Crippen LogP contribution is -2.10. The lowest BCUT2D eigenvalue weighted by atomic mass is 9.86. The maximum absolute atomic E-state index is 5.92. The van der Waals surface area contributed by atoms with Gasteiger partial charge in [-0.05, 0) is 34.1 Å². The van der Waals surface area contributed by atoms with Crippen molar-refractivity contribution in [2.45, 2.75) is 33.7 Å². The van der Waals surface area contributed by atoms with E-state index in [1.807, 2.05) is 6.07 Å². The summed E-state index contributed by atoms with van der Waals surface area (Å²) in [6, 6.07) is 17.1. The van der Waals surface area contributed by atoms with Crippen LogP contribution in [0.2, 0.25) is 0 Å². The summed E-state index contributed by atoms with van der Waals surface area (Å²) in [6.07, 6.45) is 1.08. The Balaban J connectivity index is 2.37. The van der Waals surface area contributed by atoms with Crippen LogP contribution in [0.15, 0.2) is 48.5 Å². The van der Waals surface area contributed by atoms with E-state index in [4.69, 9.17) is 5.73 Å². The molecule has 2 rings (SSSR count). The number of hydrogen-bond acceptors (Lipinski definition) is 1. The van der Waals surface area contributed by atoms with E-state index in [2.05, 4.69) is 63.2 Å². The van der Waals surface area contributed by atoms with Gasteiger partial charge in [-0.2, -0.15) is 0 Å². The van der Waals surface area contributed by atoms with Crippen LogP contribution in [0.1, 0.15) is 31.9 Å². The molecule has 2 aromatic rings. The first-order chi connectivity index (χ1) is 8.99. The molecular formula is C18H23N. The second-order valence-corrected chi connectivity index (χ2v) is 6.30. The SMILES string of the molecule is CC(C)(C)Cc1ccc(-c2ccccc2)c(CN)c1. The zero-order chi connectivity index (χ0) is 13.9. The highest BCUT2D eigenvalue weighted by molar-refractivity contribution is 5.67. The Morgan fingerprint density at radius 3 is 2.21 bits per heavy atom. The molecule has 0 saturated heterocycles. The molecular weight excluding hydrogens is 230 g/mol. The van der Waals surface area contributed by atoms with Crippen molar-refractivity contribution in [2.75, 3.05) is 0 Å². The molecule has 0 heterocycles. The van der Waals surface area contributed by atoms with E-state index in [9.17, 15) is 0 Å². The van der Waals surface area contributed by atoms with Gasteiger partial charge in [0.2, 0.25) is 0 Å². The maximum atomic E-state index is 5.92. The minimum Gasteiger partial charge on any atom is -0.326 e.